The third-order valence-corrected chi connectivity index (χ3v) is 3.01. The Morgan fingerprint density at radius 1 is 1.26 bits per heavy atom. The van der Waals surface area contributed by atoms with E-state index in [2.05, 4.69) is 34.3 Å². The highest BCUT2D eigenvalue weighted by molar-refractivity contribution is 5.29. The van der Waals surface area contributed by atoms with Crippen LogP contribution in [0.1, 0.15) is 38.8 Å². The molecule has 0 saturated carbocycles. The topological polar surface area (TPSA) is 50.3 Å². The molecular formula is C14H24N4O. The van der Waals surface area contributed by atoms with Crippen LogP contribution >= 0.6 is 0 Å². The van der Waals surface area contributed by atoms with Crippen molar-refractivity contribution < 1.29 is 4.74 Å². The van der Waals surface area contributed by atoms with Gasteiger partial charge in [0.2, 0.25) is 11.8 Å². The van der Waals surface area contributed by atoms with Crippen LogP contribution in [0.2, 0.25) is 0 Å². The molecule has 1 aromatic rings. The van der Waals surface area contributed by atoms with Gasteiger partial charge in [-0.05, 0) is 25.7 Å². The van der Waals surface area contributed by atoms with E-state index in [1.807, 2.05) is 13.0 Å². The van der Waals surface area contributed by atoms with Gasteiger partial charge in [-0.3, -0.25) is 5.43 Å². The van der Waals surface area contributed by atoms with Gasteiger partial charge in [-0.1, -0.05) is 20.3 Å². The Hall–Kier alpha value is -1.36. The van der Waals surface area contributed by atoms with E-state index in [1.54, 1.807) is 0 Å². The number of piperidine rings is 1. The van der Waals surface area contributed by atoms with Crippen LogP contribution in [0.15, 0.2) is 6.07 Å². The van der Waals surface area contributed by atoms with Crippen molar-refractivity contribution >= 4 is 5.95 Å². The van der Waals surface area contributed by atoms with E-state index in [9.17, 15) is 0 Å². The lowest BCUT2D eigenvalue weighted by molar-refractivity contribution is 0.256. The fourth-order valence-electron chi connectivity index (χ4n) is 2.06. The van der Waals surface area contributed by atoms with Crippen molar-refractivity contribution in [1.29, 1.82) is 0 Å². The number of hydrazine groups is 1. The van der Waals surface area contributed by atoms with E-state index < -0.39 is 0 Å². The Bertz CT molecular complexity index is 402. The van der Waals surface area contributed by atoms with Crippen LogP contribution in [0.5, 0.6) is 5.88 Å². The second-order valence-corrected chi connectivity index (χ2v) is 5.54. The summed E-state index contributed by atoms with van der Waals surface area (Å²) in [7, 11) is 0. The molecule has 1 aliphatic rings. The van der Waals surface area contributed by atoms with Crippen molar-refractivity contribution in [3.8, 4) is 5.88 Å². The summed E-state index contributed by atoms with van der Waals surface area (Å²) in [6.45, 7) is 9.01. The summed E-state index contributed by atoms with van der Waals surface area (Å²) < 4.78 is 5.67. The van der Waals surface area contributed by atoms with E-state index >= 15 is 0 Å². The lowest BCUT2D eigenvalue weighted by Crippen LogP contribution is -2.35. The van der Waals surface area contributed by atoms with Gasteiger partial charge in [0.25, 0.3) is 0 Å². The summed E-state index contributed by atoms with van der Waals surface area (Å²) in [6.07, 6.45) is 3.78. The number of anilines is 1. The van der Waals surface area contributed by atoms with Gasteiger partial charge in [-0.15, -0.1) is 0 Å². The van der Waals surface area contributed by atoms with E-state index in [4.69, 9.17) is 4.74 Å². The van der Waals surface area contributed by atoms with E-state index in [0.717, 1.165) is 18.8 Å². The Morgan fingerprint density at radius 2 is 2.00 bits per heavy atom. The summed E-state index contributed by atoms with van der Waals surface area (Å²) in [5, 5.41) is 2.19. The number of nitrogens with one attached hydrogen (secondary N) is 1. The Balaban J connectivity index is 1.99. The van der Waals surface area contributed by atoms with Crippen LogP contribution in [0.25, 0.3) is 0 Å². The maximum atomic E-state index is 5.67. The van der Waals surface area contributed by atoms with Crippen LogP contribution < -0.4 is 10.2 Å². The maximum Gasteiger partial charge on any atom is 0.241 e. The predicted octanol–water partition coefficient (Wildman–Crippen LogP) is 2.63. The molecule has 1 N–H and O–H groups in total. The predicted molar refractivity (Wildman–Crippen MR) is 76.1 cm³/mol. The molecule has 19 heavy (non-hydrogen) atoms. The standard InChI is InChI=1S/C14H24N4O/c1-11(2)10-19-13-9-12(3)15-14(16-13)17-18-7-5-4-6-8-18/h9,11H,4-8,10H2,1-3H3,(H,15,16,17). The van der Waals surface area contributed by atoms with Crippen molar-refractivity contribution in [2.45, 2.75) is 40.0 Å². The summed E-state index contributed by atoms with van der Waals surface area (Å²) in [5.41, 5.74) is 4.21. The number of ether oxygens (including phenoxy) is 1. The third kappa shape index (κ3) is 4.67. The minimum atomic E-state index is 0.494. The minimum Gasteiger partial charge on any atom is -0.477 e. The van der Waals surface area contributed by atoms with Crippen molar-refractivity contribution in [2.75, 3.05) is 25.1 Å². The monoisotopic (exact) mass is 264 g/mol. The number of aryl methyl sites for hydroxylation is 1. The average Bonchev–Trinajstić information content (AvgIpc) is 2.37. The largest absolute Gasteiger partial charge is 0.477 e. The number of hydrogen-bond donors (Lipinski definition) is 1. The van der Waals surface area contributed by atoms with Gasteiger partial charge in [0.1, 0.15) is 0 Å². The van der Waals surface area contributed by atoms with Gasteiger partial charge in [-0.25, -0.2) is 9.99 Å². The number of rotatable bonds is 5. The molecule has 2 rings (SSSR count). The van der Waals surface area contributed by atoms with Crippen molar-refractivity contribution in [3.63, 3.8) is 0 Å². The molecule has 106 valence electrons. The smallest absolute Gasteiger partial charge is 0.241 e. The highest BCUT2D eigenvalue weighted by Gasteiger charge is 2.12. The van der Waals surface area contributed by atoms with Gasteiger partial charge in [0.05, 0.1) is 6.61 Å². The molecule has 0 atom stereocenters. The van der Waals surface area contributed by atoms with Crippen LogP contribution in [-0.2, 0) is 0 Å². The first-order valence-electron chi connectivity index (χ1n) is 7.13. The Morgan fingerprint density at radius 3 is 2.68 bits per heavy atom. The number of hydrogen-bond acceptors (Lipinski definition) is 5. The molecule has 2 heterocycles. The molecule has 1 aliphatic heterocycles. The molecule has 1 fully saturated rings. The molecule has 0 spiro atoms. The second-order valence-electron chi connectivity index (χ2n) is 5.54. The normalized spacial score (nSPS) is 16.6. The van der Waals surface area contributed by atoms with Crippen molar-refractivity contribution in [2.24, 2.45) is 5.92 Å². The van der Waals surface area contributed by atoms with Gasteiger partial charge >= 0.3 is 0 Å². The highest BCUT2D eigenvalue weighted by atomic mass is 16.5. The van der Waals surface area contributed by atoms with Gasteiger partial charge in [0, 0.05) is 24.8 Å². The molecule has 0 aromatic carbocycles. The lowest BCUT2D eigenvalue weighted by Gasteiger charge is -2.26. The molecule has 5 heteroatoms. The number of aromatic nitrogens is 2. The van der Waals surface area contributed by atoms with E-state index in [1.165, 1.54) is 19.3 Å². The highest BCUT2D eigenvalue weighted by Crippen LogP contribution is 2.15. The average molecular weight is 264 g/mol. The van der Waals surface area contributed by atoms with E-state index in [0.29, 0.717) is 24.4 Å². The second kappa shape index (κ2) is 6.70. The van der Waals surface area contributed by atoms with E-state index in [-0.39, 0.29) is 0 Å². The zero-order chi connectivity index (χ0) is 13.7. The summed E-state index contributed by atoms with van der Waals surface area (Å²) in [5.74, 6) is 1.79. The fraction of sp³-hybridized carbons (Fsp3) is 0.714. The first-order valence-corrected chi connectivity index (χ1v) is 7.13. The Kier molecular flexibility index (Phi) is 4.96. The van der Waals surface area contributed by atoms with Crippen molar-refractivity contribution in [3.05, 3.63) is 11.8 Å². The first kappa shape index (κ1) is 14.1. The summed E-state index contributed by atoms with van der Waals surface area (Å²) in [6, 6.07) is 1.88. The van der Waals surface area contributed by atoms with Crippen LogP contribution in [0.4, 0.5) is 5.95 Å². The summed E-state index contributed by atoms with van der Waals surface area (Å²) >= 11 is 0. The zero-order valence-corrected chi connectivity index (χ0v) is 12.1. The molecule has 5 nitrogen and oxygen atoms in total. The van der Waals surface area contributed by atoms with Gasteiger partial charge in [-0.2, -0.15) is 4.98 Å². The first-order chi connectivity index (χ1) is 9.13. The number of nitrogens with zero attached hydrogens (tertiary/aromatic N) is 3. The molecular weight excluding hydrogens is 240 g/mol. The third-order valence-electron chi connectivity index (χ3n) is 3.01. The van der Waals surface area contributed by atoms with Crippen LogP contribution in [0.3, 0.4) is 0 Å². The van der Waals surface area contributed by atoms with Crippen molar-refractivity contribution in [1.82, 2.24) is 15.0 Å². The van der Waals surface area contributed by atoms with Gasteiger partial charge < -0.3 is 4.74 Å². The molecule has 0 amide bonds. The zero-order valence-electron chi connectivity index (χ0n) is 12.1. The molecule has 0 radical (unpaired) electrons. The quantitative estimate of drug-likeness (QED) is 0.886. The summed E-state index contributed by atoms with van der Waals surface area (Å²) in [4.78, 5) is 8.82. The van der Waals surface area contributed by atoms with Crippen LogP contribution in [-0.4, -0.2) is 34.7 Å². The maximum absolute atomic E-state index is 5.67. The molecule has 0 unspecified atom stereocenters. The SMILES string of the molecule is Cc1cc(OCC(C)C)nc(NN2CCCCC2)n1. The Labute approximate surface area is 115 Å². The molecule has 0 aliphatic carbocycles. The molecule has 1 aromatic heterocycles. The molecule has 0 bridgehead atoms. The molecule has 1 saturated heterocycles. The van der Waals surface area contributed by atoms with Gasteiger partial charge in [0.15, 0.2) is 0 Å². The lowest BCUT2D eigenvalue weighted by atomic mass is 10.2. The van der Waals surface area contributed by atoms with Crippen LogP contribution in [0, 0.1) is 12.8 Å². The minimum absolute atomic E-state index is 0.494. The fourth-order valence-corrected chi connectivity index (χ4v) is 2.06.